The predicted molar refractivity (Wildman–Crippen MR) is 77.1 cm³/mol. The molecule has 0 aromatic heterocycles. The number of ether oxygens (including phenoxy) is 1. The molecule has 0 aliphatic rings. The Hall–Kier alpha value is -1.58. The van der Waals surface area contributed by atoms with Crippen molar-refractivity contribution in [3.8, 4) is 5.75 Å². The molecule has 5 heteroatoms. The Morgan fingerprint density at radius 1 is 1.10 bits per heavy atom. The second-order valence-electron chi connectivity index (χ2n) is 4.20. The lowest BCUT2D eigenvalue weighted by atomic mass is 10.1. The van der Waals surface area contributed by atoms with Gasteiger partial charge in [0.25, 0.3) is 0 Å². The first-order valence-corrected chi connectivity index (χ1v) is 6.64. The summed E-state index contributed by atoms with van der Waals surface area (Å²) in [5.41, 5.74) is 0.352. The fraction of sp³-hybridized carbons (Fsp3) is 0.133. The molecular weight excluding hydrogens is 302 g/mol. The molecule has 2 aromatic carbocycles. The van der Waals surface area contributed by atoms with Crippen LogP contribution in [0.4, 0.5) is 4.39 Å². The third kappa shape index (κ3) is 4.22. The monoisotopic (exact) mass is 312 g/mol. The number of carbonyl (C=O) groups is 1. The zero-order valence-electron chi connectivity index (χ0n) is 10.4. The Morgan fingerprint density at radius 2 is 1.75 bits per heavy atom. The largest absolute Gasteiger partial charge is 0.486 e. The molecule has 104 valence electrons. The molecule has 0 fully saturated rings. The van der Waals surface area contributed by atoms with E-state index in [1.54, 1.807) is 36.4 Å². The summed E-state index contributed by atoms with van der Waals surface area (Å²) in [6, 6.07) is 10.8. The van der Waals surface area contributed by atoms with Crippen molar-refractivity contribution < 1.29 is 13.9 Å². The fourth-order valence-corrected chi connectivity index (χ4v) is 2.19. The highest BCUT2D eigenvalue weighted by Crippen LogP contribution is 2.24. The van der Waals surface area contributed by atoms with Crippen molar-refractivity contribution >= 4 is 29.0 Å². The van der Waals surface area contributed by atoms with Crippen LogP contribution in [0.5, 0.6) is 5.75 Å². The van der Waals surface area contributed by atoms with Gasteiger partial charge in [0, 0.05) is 16.5 Å². The van der Waals surface area contributed by atoms with Gasteiger partial charge >= 0.3 is 0 Å². The smallest absolute Gasteiger partial charge is 0.174 e. The predicted octanol–water partition coefficient (Wildman–Crippen LogP) is 4.32. The van der Waals surface area contributed by atoms with Crippen LogP contribution in [0.25, 0.3) is 0 Å². The van der Waals surface area contributed by atoms with E-state index in [2.05, 4.69) is 0 Å². The first kappa shape index (κ1) is 14.8. The average Bonchev–Trinajstić information content (AvgIpc) is 2.38. The Morgan fingerprint density at radius 3 is 2.40 bits per heavy atom. The first-order valence-electron chi connectivity index (χ1n) is 5.88. The van der Waals surface area contributed by atoms with E-state index in [-0.39, 0.29) is 18.8 Å². The molecule has 0 atom stereocenters. The molecule has 0 saturated carbocycles. The Bertz CT molecular complexity index is 609. The summed E-state index contributed by atoms with van der Waals surface area (Å²) < 4.78 is 18.7. The lowest BCUT2D eigenvalue weighted by molar-refractivity contribution is -0.120. The summed E-state index contributed by atoms with van der Waals surface area (Å²) in [6.45, 7) is -0.162. The van der Waals surface area contributed by atoms with Crippen molar-refractivity contribution in [2.24, 2.45) is 0 Å². The molecular formula is C15H11Cl2FO2. The zero-order valence-corrected chi connectivity index (χ0v) is 11.9. The highest BCUT2D eigenvalue weighted by Gasteiger charge is 2.09. The summed E-state index contributed by atoms with van der Waals surface area (Å²) in [7, 11) is 0. The quantitative estimate of drug-likeness (QED) is 0.821. The number of rotatable bonds is 5. The number of halogens is 3. The molecule has 0 spiro atoms. The minimum atomic E-state index is -0.397. The summed E-state index contributed by atoms with van der Waals surface area (Å²) in [5, 5.41) is 0.850. The van der Waals surface area contributed by atoms with Gasteiger partial charge in [0.2, 0.25) is 0 Å². The van der Waals surface area contributed by atoms with Crippen molar-refractivity contribution in [1.82, 2.24) is 0 Å². The van der Waals surface area contributed by atoms with E-state index in [0.29, 0.717) is 21.4 Å². The van der Waals surface area contributed by atoms with Crippen molar-refractivity contribution in [2.75, 3.05) is 6.61 Å². The van der Waals surface area contributed by atoms with Crippen LogP contribution in [0.2, 0.25) is 10.0 Å². The fourth-order valence-electron chi connectivity index (χ4n) is 1.68. The number of benzene rings is 2. The van der Waals surface area contributed by atoms with E-state index in [4.69, 9.17) is 27.9 Å². The maximum Gasteiger partial charge on any atom is 0.174 e. The maximum absolute atomic E-state index is 13.4. The van der Waals surface area contributed by atoms with Gasteiger partial charge in [0.1, 0.15) is 18.2 Å². The van der Waals surface area contributed by atoms with Gasteiger partial charge in [0.15, 0.2) is 5.78 Å². The van der Waals surface area contributed by atoms with E-state index in [0.717, 1.165) is 0 Å². The Balaban J connectivity index is 1.94. The molecule has 0 N–H and O–H groups in total. The van der Waals surface area contributed by atoms with Gasteiger partial charge < -0.3 is 4.74 Å². The third-order valence-corrected chi connectivity index (χ3v) is 3.02. The van der Waals surface area contributed by atoms with Gasteiger partial charge in [-0.15, -0.1) is 0 Å². The molecule has 0 aliphatic heterocycles. The van der Waals surface area contributed by atoms with Gasteiger partial charge in [-0.2, -0.15) is 0 Å². The molecule has 0 saturated heterocycles. The van der Waals surface area contributed by atoms with E-state index >= 15 is 0 Å². The SMILES string of the molecule is O=C(COc1cc(Cl)cc(Cl)c1)Cc1ccccc1F. The molecule has 0 unspecified atom stereocenters. The van der Waals surface area contributed by atoms with Crippen LogP contribution in [0.15, 0.2) is 42.5 Å². The van der Waals surface area contributed by atoms with E-state index < -0.39 is 5.82 Å². The molecule has 2 rings (SSSR count). The lowest BCUT2D eigenvalue weighted by Gasteiger charge is -2.07. The summed E-state index contributed by atoms with van der Waals surface area (Å²) in [5.74, 6) is -0.220. The summed E-state index contributed by atoms with van der Waals surface area (Å²) in [4.78, 5) is 11.8. The van der Waals surface area contributed by atoms with Crippen molar-refractivity contribution in [3.05, 3.63) is 63.9 Å². The molecule has 20 heavy (non-hydrogen) atoms. The average molecular weight is 313 g/mol. The van der Waals surface area contributed by atoms with Gasteiger partial charge in [-0.25, -0.2) is 4.39 Å². The second-order valence-corrected chi connectivity index (χ2v) is 5.07. The second kappa shape index (κ2) is 6.73. The van der Waals surface area contributed by atoms with Gasteiger partial charge in [-0.3, -0.25) is 4.79 Å². The Labute approximate surface area is 126 Å². The Kier molecular flexibility index (Phi) is 4.99. The topological polar surface area (TPSA) is 26.3 Å². The van der Waals surface area contributed by atoms with Gasteiger partial charge in [-0.1, -0.05) is 41.4 Å². The number of Topliss-reactive ketones (excluding diaryl/α,β-unsaturated/α-hetero) is 1. The highest BCUT2D eigenvalue weighted by atomic mass is 35.5. The van der Waals surface area contributed by atoms with Crippen LogP contribution in [-0.2, 0) is 11.2 Å². The molecule has 0 amide bonds. The number of carbonyl (C=O) groups excluding carboxylic acids is 1. The van der Waals surface area contributed by atoms with Crippen LogP contribution < -0.4 is 4.74 Å². The summed E-state index contributed by atoms with van der Waals surface area (Å²) >= 11 is 11.6. The number of ketones is 1. The standard InChI is InChI=1S/C15H11Cl2FO2/c16-11-6-12(17)8-14(7-11)20-9-13(19)5-10-3-1-2-4-15(10)18/h1-4,6-8H,5,9H2. The van der Waals surface area contributed by atoms with Crippen molar-refractivity contribution in [2.45, 2.75) is 6.42 Å². The van der Waals surface area contributed by atoms with Crippen LogP contribution in [-0.4, -0.2) is 12.4 Å². The van der Waals surface area contributed by atoms with E-state index in [9.17, 15) is 9.18 Å². The normalized spacial score (nSPS) is 10.3. The molecule has 0 heterocycles. The first-order chi connectivity index (χ1) is 9.54. The minimum absolute atomic E-state index is 0.0129. The van der Waals surface area contributed by atoms with Crippen LogP contribution >= 0.6 is 23.2 Å². The molecule has 0 radical (unpaired) electrons. The van der Waals surface area contributed by atoms with E-state index in [1.165, 1.54) is 6.07 Å². The highest BCUT2D eigenvalue weighted by molar-refractivity contribution is 6.34. The molecule has 0 aliphatic carbocycles. The van der Waals surface area contributed by atoms with Crippen LogP contribution in [0.3, 0.4) is 0 Å². The molecule has 0 bridgehead atoms. The number of hydrogen-bond acceptors (Lipinski definition) is 2. The molecule has 2 nitrogen and oxygen atoms in total. The zero-order chi connectivity index (χ0) is 14.5. The van der Waals surface area contributed by atoms with E-state index in [1.807, 2.05) is 0 Å². The summed E-state index contributed by atoms with van der Waals surface area (Å²) in [6.07, 6.45) is -0.0129. The van der Waals surface area contributed by atoms with Crippen LogP contribution in [0.1, 0.15) is 5.56 Å². The minimum Gasteiger partial charge on any atom is -0.486 e. The lowest BCUT2D eigenvalue weighted by Crippen LogP contribution is -2.14. The van der Waals surface area contributed by atoms with Gasteiger partial charge in [-0.05, 0) is 29.8 Å². The van der Waals surface area contributed by atoms with Crippen molar-refractivity contribution in [3.63, 3.8) is 0 Å². The van der Waals surface area contributed by atoms with Crippen molar-refractivity contribution in [1.29, 1.82) is 0 Å². The molecule has 2 aromatic rings. The maximum atomic E-state index is 13.4. The van der Waals surface area contributed by atoms with Crippen LogP contribution in [0, 0.1) is 5.82 Å². The van der Waals surface area contributed by atoms with Gasteiger partial charge in [0.05, 0.1) is 0 Å². The number of hydrogen-bond donors (Lipinski definition) is 0. The third-order valence-electron chi connectivity index (χ3n) is 2.58.